The van der Waals surface area contributed by atoms with Crippen LogP contribution in [0.5, 0.6) is 11.5 Å². The van der Waals surface area contributed by atoms with Crippen LogP contribution in [0.3, 0.4) is 0 Å². The average molecular weight is 681 g/mol. The first-order valence-corrected chi connectivity index (χ1v) is 13.6. The molecule has 0 saturated heterocycles. The van der Waals surface area contributed by atoms with Gasteiger partial charge in [0.15, 0.2) is 18.1 Å². The molecule has 0 spiro atoms. The lowest BCUT2D eigenvalue weighted by Gasteiger charge is -2.15. The molecule has 4 aromatic rings. The molecule has 0 aliphatic heterocycles. The maximum atomic E-state index is 13.8. The van der Waals surface area contributed by atoms with E-state index >= 15 is 0 Å². The smallest absolute Gasteiger partial charge is 0.282 e. The van der Waals surface area contributed by atoms with Crippen LogP contribution in [-0.4, -0.2) is 35.5 Å². The Hall–Kier alpha value is -3.28. The standard InChI is InChI=1S/C27H22Br2ClFN4O4/c1-14(2)26-34-19-9-8-16(28)11-17(19)27(37)35(26)32-12-15-10-21(38-3)25(24(30)23(15)29)39-13-22(36)33-20-7-5-4-6-18(20)31/h4-12,14H,13H2,1-3H3,(H,33,36). The number of halogens is 4. The monoisotopic (exact) mass is 678 g/mol. The van der Waals surface area contributed by atoms with Gasteiger partial charge in [0.1, 0.15) is 16.7 Å². The van der Waals surface area contributed by atoms with Gasteiger partial charge in [-0.15, -0.1) is 0 Å². The molecule has 1 aromatic heterocycles. The molecule has 39 heavy (non-hydrogen) atoms. The molecule has 0 atom stereocenters. The van der Waals surface area contributed by atoms with E-state index in [1.807, 2.05) is 19.9 Å². The van der Waals surface area contributed by atoms with Gasteiger partial charge in [-0.25, -0.2) is 9.37 Å². The zero-order valence-electron chi connectivity index (χ0n) is 21.0. The van der Waals surface area contributed by atoms with Crippen LogP contribution in [0, 0.1) is 5.82 Å². The van der Waals surface area contributed by atoms with Gasteiger partial charge in [0.05, 0.1) is 29.9 Å². The van der Waals surface area contributed by atoms with Crippen molar-refractivity contribution in [1.29, 1.82) is 0 Å². The van der Waals surface area contributed by atoms with Crippen LogP contribution in [0.1, 0.15) is 31.2 Å². The number of ether oxygens (including phenoxy) is 2. The van der Waals surface area contributed by atoms with Crippen molar-refractivity contribution in [3.05, 3.63) is 90.1 Å². The van der Waals surface area contributed by atoms with Gasteiger partial charge in [0.2, 0.25) is 0 Å². The second-order valence-corrected chi connectivity index (χ2v) is 10.7. The van der Waals surface area contributed by atoms with Gasteiger partial charge in [-0.3, -0.25) is 9.59 Å². The van der Waals surface area contributed by atoms with Crippen LogP contribution in [0.2, 0.25) is 5.02 Å². The Morgan fingerprint density at radius 3 is 2.67 bits per heavy atom. The van der Waals surface area contributed by atoms with E-state index in [0.29, 0.717) is 26.8 Å². The molecule has 0 radical (unpaired) electrons. The molecule has 1 amide bonds. The number of nitrogens with one attached hydrogen (secondary N) is 1. The maximum absolute atomic E-state index is 13.8. The third kappa shape index (κ3) is 6.32. The number of rotatable bonds is 8. The first-order chi connectivity index (χ1) is 18.6. The summed E-state index contributed by atoms with van der Waals surface area (Å²) in [6.07, 6.45) is 1.45. The Morgan fingerprint density at radius 2 is 1.97 bits per heavy atom. The van der Waals surface area contributed by atoms with Gasteiger partial charge in [-0.1, -0.05) is 53.5 Å². The number of nitrogens with zero attached hydrogens (tertiary/aromatic N) is 3. The average Bonchev–Trinajstić information content (AvgIpc) is 2.91. The molecule has 3 aromatic carbocycles. The van der Waals surface area contributed by atoms with Gasteiger partial charge in [0.25, 0.3) is 11.5 Å². The van der Waals surface area contributed by atoms with Crippen LogP contribution in [0.15, 0.2) is 67.4 Å². The van der Waals surface area contributed by atoms with E-state index in [-0.39, 0.29) is 33.7 Å². The Morgan fingerprint density at radius 1 is 1.23 bits per heavy atom. The SMILES string of the molecule is COc1cc(C=Nn2c(C(C)C)nc3ccc(Br)cc3c2=O)c(Br)c(Cl)c1OCC(=O)Nc1ccccc1F. The van der Waals surface area contributed by atoms with Crippen LogP contribution in [0.4, 0.5) is 10.1 Å². The number of anilines is 1. The molecule has 0 unspecified atom stereocenters. The van der Waals surface area contributed by atoms with Crippen molar-refractivity contribution < 1.29 is 18.7 Å². The molecule has 0 aliphatic carbocycles. The van der Waals surface area contributed by atoms with E-state index in [9.17, 15) is 14.0 Å². The number of fused-ring (bicyclic) bond motifs is 1. The number of benzene rings is 3. The molecule has 1 heterocycles. The Balaban J connectivity index is 1.65. The second kappa shape index (κ2) is 12.3. The zero-order chi connectivity index (χ0) is 28.3. The van der Waals surface area contributed by atoms with E-state index in [4.69, 9.17) is 21.1 Å². The summed E-state index contributed by atoms with van der Waals surface area (Å²) >= 11 is 13.4. The van der Waals surface area contributed by atoms with Gasteiger partial charge in [0, 0.05) is 20.4 Å². The third-order valence-electron chi connectivity index (χ3n) is 5.53. The molecule has 0 bridgehead atoms. The summed E-state index contributed by atoms with van der Waals surface area (Å²) in [5.74, 6) is -0.431. The lowest BCUT2D eigenvalue weighted by atomic mass is 10.2. The zero-order valence-corrected chi connectivity index (χ0v) is 24.9. The van der Waals surface area contributed by atoms with Crippen molar-refractivity contribution in [2.45, 2.75) is 19.8 Å². The van der Waals surface area contributed by atoms with Crippen LogP contribution in [-0.2, 0) is 4.79 Å². The number of hydrogen-bond acceptors (Lipinski definition) is 6. The fraction of sp³-hybridized carbons (Fsp3) is 0.185. The van der Waals surface area contributed by atoms with Crippen molar-refractivity contribution >= 4 is 72.2 Å². The van der Waals surface area contributed by atoms with E-state index in [1.165, 1.54) is 36.2 Å². The lowest BCUT2D eigenvalue weighted by molar-refractivity contribution is -0.118. The minimum absolute atomic E-state index is 0.0310. The third-order valence-corrected chi connectivity index (χ3v) is 7.47. The molecule has 1 N–H and O–H groups in total. The Bertz CT molecular complexity index is 1660. The van der Waals surface area contributed by atoms with Crippen molar-refractivity contribution in [3.63, 3.8) is 0 Å². The summed E-state index contributed by atoms with van der Waals surface area (Å²) in [6.45, 7) is 3.39. The first-order valence-electron chi connectivity index (χ1n) is 11.6. The molecule has 202 valence electrons. The number of para-hydroxylation sites is 1. The molecule has 0 saturated carbocycles. The first kappa shape index (κ1) is 28.7. The van der Waals surface area contributed by atoms with Crippen molar-refractivity contribution in [1.82, 2.24) is 9.66 Å². The minimum atomic E-state index is -0.587. The van der Waals surface area contributed by atoms with Gasteiger partial charge >= 0.3 is 0 Å². The molecule has 0 aliphatic rings. The van der Waals surface area contributed by atoms with Gasteiger partial charge in [-0.05, 0) is 52.3 Å². The summed E-state index contributed by atoms with van der Waals surface area (Å²) in [6, 6.07) is 12.7. The molecule has 8 nitrogen and oxygen atoms in total. The highest BCUT2D eigenvalue weighted by Crippen LogP contribution is 2.42. The highest BCUT2D eigenvalue weighted by atomic mass is 79.9. The molecular weight excluding hydrogens is 659 g/mol. The van der Waals surface area contributed by atoms with E-state index < -0.39 is 18.3 Å². The summed E-state index contributed by atoms with van der Waals surface area (Å²) in [5.41, 5.74) is 0.764. The largest absolute Gasteiger partial charge is 0.493 e. The van der Waals surface area contributed by atoms with Gasteiger partial charge in [-0.2, -0.15) is 9.78 Å². The fourth-order valence-electron chi connectivity index (χ4n) is 3.64. The number of aromatic nitrogens is 2. The van der Waals surface area contributed by atoms with Crippen molar-refractivity contribution in [2.24, 2.45) is 5.10 Å². The van der Waals surface area contributed by atoms with E-state index in [1.54, 1.807) is 24.3 Å². The number of carbonyl (C=O) groups excluding carboxylic acids is 1. The fourth-order valence-corrected chi connectivity index (χ4v) is 4.66. The van der Waals surface area contributed by atoms with Crippen LogP contribution >= 0.6 is 43.5 Å². The minimum Gasteiger partial charge on any atom is -0.493 e. The molecule has 4 rings (SSSR count). The number of methoxy groups -OCH3 is 1. The van der Waals surface area contributed by atoms with Crippen LogP contribution in [0.25, 0.3) is 10.9 Å². The summed E-state index contributed by atoms with van der Waals surface area (Å²) < 4.78 is 27.3. The predicted molar refractivity (Wildman–Crippen MR) is 157 cm³/mol. The number of amides is 1. The summed E-state index contributed by atoms with van der Waals surface area (Å²) in [7, 11) is 1.42. The van der Waals surface area contributed by atoms with E-state index in [2.05, 4.69) is 47.3 Å². The second-order valence-electron chi connectivity index (χ2n) is 8.59. The number of carbonyl (C=O) groups is 1. The normalized spacial score (nSPS) is 11.4. The van der Waals surface area contributed by atoms with E-state index in [0.717, 1.165) is 4.47 Å². The highest BCUT2D eigenvalue weighted by molar-refractivity contribution is 9.10. The molecule has 0 fully saturated rings. The summed E-state index contributed by atoms with van der Waals surface area (Å²) in [5, 5.41) is 7.40. The highest BCUT2D eigenvalue weighted by Gasteiger charge is 2.19. The quantitative estimate of drug-likeness (QED) is 0.208. The Kier molecular flexibility index (Phi) is 9.04. The number of hydrogen-bond donors (Lipinski definition) is 1. The maximum Gasteiger partial charge on any atom is 0.282 e. The van der Waals surface area contributed by atoms with Crippen molar-refractivity contribution in [3.8, 4) is 11.5 Å². The topological polar surface area (TPSA) is 94.8 Å². The molecular formula is C27H22Br2ClFN4O4. The van der Waals surface area contributed by atoms with Gasteiger partial charge < -0.3 is 14.8 Å². The Labute approximate surface area is 245 Å². The van der Waals surface area contributed by atoms with Crippen LogP contribution < -0.4 is 20.3 Å². The molecule has 12 heteroatoms. The predicted octanol–water partition coefficient (Wildman–Crippen LogP) is 6.75. The summed E-state index contributed by atoms with van der Waals surface area (Å²) in [4.78, 5) is 30.3. The lowest BCUT2D eigenvalue weighted by Crippen LogP contribution is -2.23. The van der Waals surface area contributed by atoms with Crippen molar-refractivity contribution in [2.75, 3.05) is 19.0 Å².